The molecule has 0 aliphatic heterocycles. The average Bonchev–Trinajstić information content (AvgIpc) is 3.03. The Kier molecular flexibility index (Phi) is 7.89. The molecule has 9 heteroatoms. The molecule has 0 bridgehead atoms. The molecule has 0 unspecified atom stereocenters. The second kappa shape index (κ2) is 10.4. The van der Waals surface area contributed by atoms with Crippen molar-refractivity contribution in [2.24, 2.45) is 7.05 Å². The van der Waals surface area contributed by atoms with Crippen LogP contribution in [0.1, 0.15) is 17.0 Å². The quantitative estimate of drug-likeness (QED) is 0.438. The molecule has 0 spiro atoms. The number of carbonyl (C=O) groups excluding carboxylic acids is 1. The fourth-order valence-corrected chi connectivity index (χ4v) is 4.74. The van der Waals surface area contributed by atoms with E-state index in [-0.39, 0.29) is 11.7 Å². The van der Waals surface area contributed by atoms with Gasteiger partial charge in [-0.05, 0) is 36.8 Å². The zero-order valence-corrected chi connectivity index (χ0v) is 19.1. The molecular formula is C20H20Cl2N4OS2. The minimum atomic E-state index is -0.0739. The highest BCUT2D eigenvalue weighted by Crippen LogP contribution is 2.26. The molecule has 5 nitrogen and oxygen atoms in total. The molecule has 1 aromatic heterocycles. The Labute approximate surface area is 188 Å². The summed E-state index contributed by atoms with van der Waals surface area (Å²) in [6.45, 7) is 2.01. The van der Waals surface area contributed by atoms with Crippen LogP contribution in [0, 0.1) is 6.92 Å². The van der Waals surface area contributed by atoms with Crippen LogP contribution in [0.5, 0.6) is 0 Å². The molecule has 29 heavy (non-hydrogen) atoms. The lowest BCUT2D eigenvalue weighted by Crippen LogP contribution is -2.14. The van der Waals surface area contributed by atoms with Crippen molar-refractivity contribution >= 4 is 58.3 Å². The fourth-order valence-electron chi connectivity index (χ4n) is 2.45. The zero-order valence-electron chi connectivity index (χ0n) is 16.0. The number of benzene rings is 2. The van der Waals surface area contributed by atoms with E-state index in [9.17, 15) is 4.79 Å². The van der Waals surface area contributed by atoms with Crippen LogP contribution in [0.2, 0.25) is 10.0 Å². The van der Waals surface area contributed by atoms with Crippen molar-refractivity contribution in [3.63, 3.8) is 0 Å². The summed E-state index contributed by atoms with van der Waals surface area (Å²) in [4.78, 5) is 12.2. The molecule has 0 aliphatic carbocycles. The number of aryl methyl sites for hydroxylation is 1. The van der Waals surface area contributed by atoms with E-state index < -0.39 is 0 Å². The van der Waals surface area contributed by atoms with Gasteiger partial charge in [-0.2, -0.15) is 0 Å². The Bertz CT molecular complexity index is 993. The van der Waals surface area contributed by atoms with Crippen molar-refractivity contribution in [2.45, 2.75) is 23.6 Å². The average molecular weight is 467 g/mol. The Hall–Kier alpha value is -1.67. The van der Waals surface area contributed by atoms with E-state index >= 15 is 0 Å². The largest absolute Gasteiger partial charge is 0.325 e. The van der Waals surface area contributed by atoms with Crippen LogP contribution in [0.4, 0.5) is 5.69 Å². The van der Waals surface area contributed by atoms with Crippen molar-refractivity contribution in [2.75, 3.05) is 11.1 Å². The van der Waals surface area contributed by atoms with E-state index in [1.807, 2.05) is 54.9 Å². The van der Waals surface area contributed by atoms with Gasteiger partial charge < -0.3 is 9.88 Å². The topological polar surface area (TPSA) is 59.8 Å². The number of nitrogens with zero attached hydrogens (tertiary/aromatic N) is 3. The number of hydrogen-bond acceptors (Lipinski definition) is 5. The van der Waals surface area contributed by atoms with E-state index in [0.29, 0.717) is 21.0 Å². The number of aromatic nitrogens is 3. The maximum atomic E-state index is 12.2. The highest BCUT2D eigenvalue weighted by Gasteiger charge is 2.12. The molecule has 1 amide bonds. The minimum Gasteiger partial charge on any atom is -0.325 e. The summed E-state index contributed by atoms with van der Waals surface area (Å²) >= 11 is 15.2. The molecule has 0 fully saturated rings. The Morgan fingerprint density at radius 2 is 1.86 bits per heavy atom. The van der Waals surface area contributed by atoms with Gasteiger partial charge >= 0.3 is 0 Å². The number of carbonyl (C=O) groups is 1. The summed E-state index contributed by atoms with van der Waals surface area (Å²) in [7, 11) is 1.91. The highest BCUT2D eigenvalue weighted by atomic mass is 35.5. The summed E-state index contributed by atoms with van der Waals surface area (Å²) in [6, 6.07) is 13.2. The molecule has 3 rings (SSSR count). The molecule has 2 aromatic carbocycles. The summed E-state index contributed by atoms with van der Waals surface area (Å²) < 4.78 is 1.92. The molecule has 0 atom stereocenters. The maximum Gasteiger partial charge on any atom is 0.234 e. The number of anilines is 1. The second-order valence-corrected chi connectivity index (χ2v) is 9.16. The normalized spacial score (nSPS) is 10.9. The van der Waals surface area contributed by atoms with Gasteiger partial charge in [0.1, 0.15) is 5.82 Å². The monoisotopic (exact) mass is 466 g/mol. The lowest BCUT2D eigenvalue weighted by molar-refractivity contribution is -0.113. The SMILES string of the molecule is Cc1ccc(NC(=O)CSc2nnc(CSCc3ccc(Cl)cc3Cl)n2C)cc1. The van der Waals surface area contributed by atoms with Crippen molar-refractivity contribution in [3.05, 3.63) is 69.5 Å². The van der Waals surface area contributed by atoms with E-state index in [0.717, 1.165) is 28.4 Å². The highest BCUT2D eigenvalue weighted by molar-refractivity contribution is 7.99. The first-order chi connectivity index (χ1) is 13.9. The van der Waals surface area contributed by atoms with Crippen LogP contribution in [-0.4, -0.2) is 26.4 Å². The summed E-state index contributed by atoms with van der Waals surface area (Å²) in [5, 5.41) is 13.3. The van der Waals surface area contributed by atoms with Gasteiger partial charge in [0.25, 0.3) is 0 Å². The van der Waals surface area contributed by atoms with Gasteiger partial charge in [0.15, 0.2) is 5.16 Å². The van der Waals surface area contributed by atoms with Crippen LogP contribution >= 0.6 is 46.7 Å². The Morgan fingerprint density at radius 3 is 2.59 bits per heavy atom. The number of nitrogens with one attached hydrogen (secondary N) is 1. The molecule has 0 saturated carbocycles. The molecule has 152 valence electrons. The number of thioether (sulfide) groups is 2. The first kappa shape index (κ1) is 22.0. The molecule has 1 heterocycles. The van der Waals surface area contributed by atoms with Gasteiger partial charge in [0.2, 0.25) is 5.91 Å². The number of amides is 1. The molecule has 1 N–H and O–H groups in total. The van der Waals surface area contributed by atoms with E-state index in [4.69, 9.17) is 23.2 Å². The van der Waals surface area contributed by atoms with Crippen LogP contribution in [-0.2, 0) is 23.3 Å². The predicted molar refractivity (Wildman–Crippen MR) is 123 cm³/mol. The summed E-state index contributed by atoms with van der Waals surface area (Å²) in [5.74, 6) is 2.49. The van der Waals surface area contributed by atoms with Crippen molar-refractivity contribution in [1.29, 1.82) is 0 Å². The van der Waals surface area contributed by atoms with Crippen molar-refractivity contribution in [1.82, 2.24) is 14.8 Å². The smallest absolute Gasteiger partial charge is 0.234 e. The molecule has 0 saturated heterocycles. The standard InChI is InChI=1S/C20H20Cl2N4OS2/c1-13-3-7-16(8-4-13)23-19(27)12-29-20-25-24-18(26(20)2)11-28-10-14-5-6-15(21)9-17(14)22/h3-9H,10-12H2,1-2H3,(H,23,27). The van der Waals surface area contributed by atoms with Gasteiger partial charge in [-0.15, -0.1) is 22.0 Å². The van der Waals surface area contributed by atoms with Gasteiger partial charge in [0, 0.05) is 28.5 Å². The first-order valence-corrected chi connectivity index (χ1v) is 11.7. The zero-order chi connectivity index (χ0) is 20.8. The predicted octanol–water partition coefficient (Wildman–Crippen LogP) is 5.59. The first-order valence-electron chi connectivity index (χ1n) is 8.81. The minimum absolute atomic E-state index is 0.0739. The van der Waals surface area contributed by atoms with Gasteiger partial charge in [-0.3, -0.25) is 4.79 Å². The summed E-state index contributed by atoms with van der Waals surface area (Å²) in [5.41, 5.74) is 2.97. The van der Waals surface area contributed by atoms with Crippen molar-refractivity contribution < 1.29 is 4.79 Å². The third kappa shape index (κ3) is 6.40. The Balaban J connectivity index is 1.48. The molecule has 0 radical (unpaired) electrons. The van der Waals surface area contributed by atoms with Gasteiger partial charge in [-0.1, -0.05) is 58.7 Å². The van der Waals surface area contributed by atoms with Crippen molar-refractivity contribution in [3.8, 4) is 0 Å². The second-order valence-electron chi connectivity index (χ2n) is 6.39. The van der Waals surface area contributed by atoms with Gasteiger partial charge in [0.05, 0.1) is 11.5 Å². The number of rotatable bonds is 8. The number of halogens is 2. The molecular weight excluding hydrogens is 447 g/mol. The maximum absolute atomic E-state index is 12.2. The third-order valence-corrected chi connectivity index (χ3v) is 6.68. The van der Waals surface area contributed by atoms with E-state index in [1.54, 1.807) is 17.8 Å². The molecule has 3 aromatic rings. The third-order valence-electron chi connectivity index (χ3n) is 4.10. The molecule has 0 aliphatic rings. The fraction of sp³-hybridized carbons (Fsp3) is 0.250. The van der Waals surface area contributed by atoms with Gasteiger partial charge in [-0.25, -0.2) is 0 Å². The van der Waals surface area contributed by atoms with Crippen LogP contribution < -0.4 is 5.32 Å². The van der Waals surface area contributed by atoms with Crippen LogP contribution in [0.25, 0.3) is 0 Å². The van der Waals surface area contributed by atoms with Crippen LogP contribution in [0.3, 0.4) is 0 Å². The van der Waals surface area contributed by atoms with E-state index in [1.165, 1.54) is 11.8 Å². The lowest BCUT2D eigenvalue weighted by Gasteiger charge is -2.07. The van der Waals surface area contributed by atoms with E-state index in [2.05, 4.69) is 15.5 Å². The number of hydrogen-bond donors (Lipinski definition) is 1. The Morgan fingerprint density at radius 1 is 1.10 bits per heavy atom. The summed E-state index contributed by atoms with van der Waals surface area (Å²) in [6.07, 6.45) is 0. The van der Waals surface area contributed by atoms with Crippen LogP contribution in [0.15, 0.2) is 47.6 Å². The lowest BCUT2D eigenvalue weighted by atomic mass is 10.2.